The largest absolute Gasteiger partial charge is 0.465 e. The fourth-order valence-electron chi connectivity index (χ4n) is 2.71. The van der Waals surface area contributed by atoms with E-state index in [1.807, 2.05) is 37.3 Å². The molecule has 8 nitrogen and oxygen atoms in total. The summed E-state index contributed by atoms with van der Waals surface area (Å²) in [5.41, 5.74) is 0.637. The number of furan rings is 1. The molecule has 28 heavy (non-hydrogen) atoms. The highest BCUT2D eigenvalue weighted by molar-refractivity contribution is 8.00. The van der Waals surface area contributed by atoms with Crippen molar-refractivity contribution in [3.63, 3.8) is 0 Å². The number of carbonyl (C=O) groups excluding carboxylic acids is 2. The molecule has 1 atom stereocenters. The summed E-state index contributed by atoms with van der Waals surface area (Å²) in [5.74, 6) is -0.294. The number of esters is 1. The minimum Gasteiger partial charge on any atom is -0.465 e. The van der Waals surface area contributed by atoms with E-state index in [4.69, 9.17) is 9.15 Å². The number of methoxy groups -OCH3 is 1. The number of aryl methyl sites for hydroxylation is 1. The number of fused-ring (bicyclic) bond motifs is 1. The molecule has 0 radical (unpaired) electrons. The second-order valence-corrected chi connectivity index (χ2v) is 7.07. The number of para-hydroxylation sites is 1. The number of thioether (sulfide) groups is 1. The van der Waals surface area contributed by atoms with E-state index in [2.05, 4.69) is 15.3 Å². The Morgan fingerprint density at radius 1 is 1.36 bits per heavy atom. The number of nitrogens with zero attached hydrogens (tertiary/aromatic N) is 1. The van der Waals surface area contributed by atoms with E-state index < -0.39 is 11.7 Å². The zero-order valence-electron chi connectivity index (χ0n) is 15.6. The molecule has 0 saturated carbocycles. The Labute approximate surface area is 164 Å². The predicted molar refractivity (Wildman–Crippen MR) is 104 cm³/mol. The average molecular weight is 401 g/mol. The third-order valence-electron chi connectivity index (χ3n) is 4.06. The molecular weight excluding hydrogens is 382 g/mol. The van der Waals surface area contributed by atoms with Crippen molar-refractivity contribution in [3.8, 4) is 0 Å². The summed E-state index contributed by atoms with van der Waals surface area (Å²) in [6.45, 7) is 3.39. The number of amides is 1. The van der Waals surface area contributed by atoms with Gasteiger partial charge >= 0.3 is 11.7 Å². The lowest BCUT2D eigenvalue weighted by Gasteiger charge is -2.12. The second kappa shape index (κ2) is 8.30. The van der Waals surface area contributed by atoms with Gasteiger partial charge in [-0.25, -0.2) is 9.59 Å². The first kappa shape index (κ1) is 19.7. The van der Waals surface area contributed by atoms with Crippen molar-refractivity contribution in [1.82, 2.24) is 15.3 Å². The van der Waals surface area contributed by atoms with Gasteiger partial charge in [-0.3, -0.25) is 4.79 Å². The molecule has 0 saturated heterocycles. The number of rotatable bonds is 6. The van der Waals surface area contributed by atoms with Gasteiger partial charge in [0.05, 0.1) is 18.9 Å². The molecule has 2 N–H and O–H groups in total. The fraction of sp³-hybridized carbons (Fsp3) is 0.263. The number of H-pyrrole nitrogens is 1. The van der Waals surface area contributed by atoms with Crippen molar-refractivity contribution in [2.45, 2.75) is 24.9 Å². The minimum absolute atomic E-state index is 0.0234. The van der Waals surface area contributed by atoms with Gasteiger partial charge in [-0.2, -0.15) is 4.98 Å². The lowest BCUT2D eigenvalue weighted by molar-refractivity contribution is -0.119. The molecule has 1 amide bonds. The van der Waals surface area contributed by atoms with Crippen molar-refractivity contribution in [3.05, 3.63) is 57.8 Å². The molecule has 1 aromatic carbocycles. The molecule has 146 valence electrons. The van der Waals surface area contributed by atoms with Crippen molar-refractivity contribution < 1.29 is 18.7 Å². The van der Waals surface area contributed by atoms with Crippen LogP contribution in [0.3, 0.4) is 0 Å². The minimum atomic E-state index is -0.625. The molecule has 0 aliphatic carbocycles. The Balaban J connectivity index is 1.69. The first-order valence-electron chi connectivity index (χ1n) is 8.49. The molecular formula is C19H19N3O5S. The van der Waals surface area contributed by atoms with Crippen LogP contribution in [-0.4, -0.2) is 34.7 Å². The third kappa shape index (κ3) is 4.25. The maximum absolute atomic E-state index is 12.3. The standard InChI is InChI=1S/C19H19N3O5S/c1-10(14-8-12-6-4-5-7-13(12)27-14)20-15(23)9-28-17-16(18(24)26-3)11(2)21-19(25)22-17/h4-8,10H,9H2,1-3H3,(H,20,23)(H,21,22,25). The summed E-state index contributed by atoms with van der Waals surface area (Å²) < 4.78 is 10.5. The van der Waals surface area contributed by atoms with Gasteiger partial charge in [0.25, 0.3) is 0 Å². The summed E-state index contributed by atoms with van der Waals surface area (Å²) in [7, 11) is 1.24. The number of aromatic nitrogens is 2. The molecule has 0 aliphatic rings. The zero-order valence-corrected chi connectivity index (χ0v) is 16.4. The van der Waals surface area contributed by atoms with E-state index in [0.29, 0.717) is 11.5 Å². The number of ether oxygens (including phenoxy) is 1. The van der Waals surface area contributed by atoms with Crippen molar-refractivity contribution in [1.29, 1.82) is 0 Å². The third-order valence-corrected chi connectivity index (χ3v) is 5.04. The molecule has 3 aromatic rings. The highest BCUT2D eigenvalue weighted by Gasteiger charge is 2.20. The molecule has 0 aliphatic heterocycles. The normalized spacial score (nSPS) is 12.0. The zero-order chi connectivity index (χ0) is 20.3. The van der Waals surface area contributed by atoms with Crippen LogP contribution in [-0.2, 0) is 9.53 Å². The molecule has 9 heteroatoms. The topological polar surface area (TPSA) is 114 Å². The van der Waals surface area contributed by atoms with Gasteiger partial charge in [-0.15, -0.1) is 0 Å². The summed E-state index contributed by atoms with van der Waals surface area (Å²) in [6, 6.07) is 9.13. The number of hydrogen-bond donors (Lipinski definition) is 2. The van der Waals surface area contributed by atoms with Gasteiger partial charge in [0, 0.05) is 11.1 Å². The van der Waals surface area contributed by atoms with Crippen LogP contribution >= 0.6 is 11.8 Å². The van der Waals surface area contributed by atoms with Crippen molar-refractivity contribution >= 4 is 34.6 Å². The molecule has 2 heterocycles. The molecule has 2 aromatic heterocycles. The van der Waals surface area contributed by atoms with Gasteiger partial charge in [0.1, 0.15) is 21.9 Å². The number of aromatic amines is 1. The molecule has 0 fully saturated rings. The molecule has 0 bridgehead atoms. The first-order chi connectivity index (χ1) is 13.4. The highest BCUT2D eigenvalue weighted by Crippen LogP contribution is 2.24. The van der Waals surface area contributed by atoms with Crippen LogP contribution in [0.25, 0.3) is 11.0 Å². The Morgan fingerprint density at radius 3 is 2.82 bits per heavy atom. The summed E-state index contributed by atoms with van der Waals surface area (Å²) in [6.07, 6.45) is 0. The second-order valence-electron chi connectivity index (χ2n) is 6.10. The Kier molecular flexibility index (Phi) is 5.84. The maximum atomic E-state index is 12.3. The summed E-state index contributed by atoms with van der Waals surface area (Å²) in [5, 5.41) is 3.95. The van der Waals surface area contributed by atoms with Crippen LogP contribution < -0.4 is 11.0 Å². The molecule has 3 rings (SSSR count). The van der Waals surface area contributed by atoms with E-state index in [1.165, 1.54) is 7.11 Å². The lowest BCUT2D eigenvalue weighted by Crippen LogP contribution is -2.28. The molecule has 0 spiro atoms. The number of nitrogens with one attached hydrogen (secondary N) is 2. The van der Waals surface area contributed by atoms with Crippen LogP contribution in [0.5, 0.6) is 0 Å². The number of carbonyl (C=O) groups is 2. The SMILES string of the molecule is COC(=O)c1c(SCC(=O)NC(C)c2cc3ccccc3o2)nc(=O)[nH]c1C. The lowest BCUT2D eigenvalue weighted by atomic mass is 10.2. The maximum Gasteiger partial charge on any atom is 0.346 e. The van der Waals surface area contributed by atoms with E-state index >= 15 is 0 Å². The van der Waals surface area contributed by atoms with Crippen LogP contribution in [0.2, 0.25) is 0 Å². The van der Waals surface area contributed by atoms with Crippen LogP contribution in [0.1, 0.15) is 34.8 Å². The number of benzene rings is 1. The predicted octanol–water partition coefficient (Wildman–Crippen LogP) is 2.58. The van der Waals surface area contributed by atoms with E-state index in [-0.39, 0.29) is 28.3 Å². The van der Waals surface area contributed by atoms with Crippen LogP contribution in [0, 0.1) is 6.92 Å². The Bertz CT molecular complexity index is 1060. The first-order valence-corrected chi connectivity index (χ1v) is 9.47. The van der Waals surface area contributed by atoms with Gasteiger partial charge in [0.15, 0.2) is 0 Å². The van der Waals surface area contributed by atoms with Crippen molar-refractivity contribution in [2.75, 3.05) is 12.9 Å². The number of hydrogen-bond acceptors (Lipinski definition) is 7. The molecule has 1 unspecified atom stereocenters. The van der Waals surface area contributed by atoms with Crippen LogP contribution in [0.15, 0.2) is 44.6 Å². The average Bonchev–Trinajstić information content (AvgIpc) is 3.10. The highest BCUT2D eigenvalue weighted by atomic mass is 32.2. The summed E-state index contributed by atoms with van der Waals surface area (Å²) >= 11 is 0.995. The van der Waals surface area contributed by atoms with Crippen molar-refractivity contribution in [2.24, 2.45) is 0 Å². The van der Waals surface area contributed by atoms with E-state index in [9.17, 15) is 14.4 Å². The van der Waals surface area contributed by atoms with E-state index in [0.717, 1.165) is 22.7 Å². The summed E-state index contributed by atoms with van der Waals surface area (Å²) in [4.78, 5) is 42.2. The fourth-order valence-corrected chi connectivity index (χ4v) is 3.59. The Hall–Kier alpha value is -3.07. The monoisotopic (exact) mass is 401 g/mol. The van der Waals surface area contributed by atoms with Gasteiger partial charge in [-0.1, -0.05) is 30.0 Å². The van der Waals surface area contributed by atoms with Crippen LogP contribution in [0.4, 0.5) is 0 Å². The van der Waals surface area contributed by atoms with Gasteiger partial charge in [-0.05, 0) is 26.0 Å². The van der Waals surface area contributed by atoms with Gasteiger partial charge < -0.3 is 19.5 Å². The van der Waals surface area contributed by atoms with Gasteiger partial charge in [0.2, 0.25) is 5.91 Å². The smallest absolute Gasteiger partial charge is 0.346 e. The quantitative estimate of drug-likeness (QED) is 0.371. The van der Waals surface area contributed by atoms with E-state index in [1.54, 1.807) is 6.92 Å². The Morgan fingerprint density at radius 2 is 2.11 bits per heavy atom.